The van der Waals surface area contributed by atoms with E-state index in [4.69, 9.17) is 16.3 Å². The number of methoxy groups -OCH3 is 1. The molecule has 3 nitrogen and oxygen atoms in total. The Kier molecular flexibility index (Phi) is 3.36. The van der Waals surface area contributed by atoms with Crippen molar-refractivity contribution in [2.75, 3.05) is 13.7 Å². The lowest BCUT2D eigenvalue weighted by molar-refractivity contribution is 0.197. The molecule has 1 aliphatic carbocycles. The Morgan fingerprint density at radius 3 is 3.07 bits per heavy atom. The zero-order valence-corrected chi connectivity index (χ0v) is 9.64. The second-order valence-electron chi connectivity index (χ2n) is 3.58. The standard InChI is InChI=1S/C9H13ClN2OS/c1-13-5-7(10)4-8-11-9(12-14-8)6-2-3-6/h6-7H,2-5H2,1H3. The van der Waals surface area contributed by atoms with Gasteiger partial charge in [-0.2, -0.15) is 4.37 Å². The molecule has 1 atom stereocenters. The van der Waals surface area contributed by atoms with Gasteiger partial charge in [-0.25, -0.2) is 4.98 Å². The number of alkyl halides is 1. The second kappa shape index (κ2) is 4.55. The molecular formula is C9H13ClN2OS. The monoisotopic (exact) mass is 232 g/mol. The molecule has 0 spiro atoms. The molecule has 1 heterocycles. The fourth-order valence-corrected chi connectivity index (χ4v) is 2.45. The molecule has 0 saturated heterocycles. The van der Waals surface area contributed by atoms with Crippen molar-refractivity contribution in [3.63, 3.8) is 0 Å². The number of hydrogen-bond donors (Lipinski definition) is 0. The molecule has 14 heavy (non-hydrogen) atoms. The van der Waals surface area contributed by atoms with Crippen molar-refractivity contribution < 1.29 is 4.74 Å². The van der Waals surface area contributed by atoms with Crippen molar-refractivity contribution in [3.8, 4) is 0 Å². The van der Waals surface area contributed by atoms with Gasteiger partial charge < -0.3 is 4.74 Å². The Balaban J connectivity index is 1.88. The quantitative estimate of drug-likeness (QED) is 0.731. The lowest BCUT2D eigenvalue weighted by atomic mass is 10.3. The maximum absolute atomic E-state index is 6.03. The van der Waals surface area contributed by atoms with Crippen molar-refractivity contribution in [2.24, 2.45) is 0 Å². The Morgan fingerprint density at radius 2 is 2.43 bits per heavy atom. The van der Waals surface area contributed by atoms with E-state index in [0.717, 1.165) is 17.3 Å². The van der Waals surface area contributed by atoms with Crippen LogP contribution in [0.25, 0.3) is 0 Å². The van der Waals surface area contributed by atoms with Crippen LogP contribution in [0.1, 0.15) is 29.6 Å². The third-order valence-electron chi connectivity index (χ3n) is 2.17. The summed E-state index contributed by atoms with van der Waals surface area (Å²) in [6.45, 7) is 0.569. The van der Waals surface area contributed by atoms with Gasteiger partial charge in [0.1, 0.15) is 10.8 Å². The van der Waals surface area contributed by atoms with Crippen molar-refractivity contribution in [1.82, 2.24) is 9.36 Å². The number of nitrogens with zero attached hydrogens (tertiary/aromatic N) is 2. The van der Waals surface area contributed by atoms with Gasteiger partial charge in [0.2, 0.25) is 0 Å². The Bertz CT molecular complexity index is 301. The van der Waals surface area contributed by atoms with E-state index in [1.54, 1.807) is 7.11 Å². The van der Waals surface area contributed by atoms with Crippen LogP contribution in [-0.4, -0.2) is 28.5 Å². The molecule has 2 rings (SSSR count). The highest BCUT2D eigenvalue weighted by Crippen LogP contribution is 2.38. The van der Waals surface area contributed by atoms with Gasteiger partial charge in [-0.1, -0.05) is 0 Å². The smallest absolute Gasteiger partial charge is 0.145 e. The van der Waals surface area contributed by atoms with E-state index < -0.39 is 0 Å². The van der Waals surface area contributed by atoms with Gasteiger partial charge in [0.05, 0.1) is 12.0 Å². The minimum absolute atomic E-state index is 0.0139. The summed E-state index contributed by atoms with van der Waals surface area (Å²) in [5.74, 6) is 1.66. The maximum atomic E-state index is 6.03. The summed E-state index contributed by atoms with van der Waals surface area (Å²) in [7, 11) is 1.66. The number of hydrogen-bond acceptors (Lipinski definition) is 4. The summed E-state index contributed by atoms with van der Waals surface area (Å²) in [5.41, 5.74) is 0. The third-order valence-corrected chi connectivity index (χ3v) is 3.20. The summed E-state index contributed by atoms with van der Waals surface area (Å²) < 4.78 is 9.29. The average Bonchev–Trinajstić information content (AvgIpc) is 2.89. The fraction of sp³-hybridized carbons (Fsp3) is 0.778. The fourth-order valence-electron chi connectivity index (χ4n) is 1.29. The van der Waals surface area contributed by atoms with Gasteiger partial charge in [-0.3, -0.25) is 0 Å². The molecule has 1 aromatic rings. The zero-order valence-electron chi connectivity index (χ0n) is 8.07. The van der Waals surface area contributed by atoms with Crippen LogP contribution < -0.4 is 0 Å². The summed E-state index contributed by atoms with van der Waals surface area (Å²) in [6.07, 6.45) is 3.26. The SMILES string of the molecule is COCC(Cl)Cc1nc(C2CC2)ns1. The molecule has 0 N–H and O–H groups in total. The molecule has 1 aromatic heterocycles. The topological polar surface area (TPSA) is 35.0 Å². The predicted octanol–water partition coefficient (Wildman–Crippen LogP) is 2.21. The number of halogens is 1. The van der Waals surface area contributed by atoms with Crippen LogP contribution in [-0.2, 0) is 11.2 Å². The first-order valence-electron chi connectivity index (χ1n) is 4.75. The van der Waals surface area contributed by atoms with Crippen LogP contribution in [0.5, 0.6) is 0 Å². The van der Waals surface area contributed by atoms with Crippen LogP contribution >= 0.6 is 23.1 Å². The van der Waals surface area contributed by atoms with Gasteiger partial charge in [0.15, 0.2) is 0 Å². The zero-order chi connectivity index (χ0) is 9.97. The van der Waals surface area contributed by atoms with E-state index >= 15 is 0 Å². The molecule has 0 bridgehead atoms. The summed E-state index contributed by atoms with van der Waals surface area (Å²) in [6, 6.07) is 0. The van der Waals surface area contributed by atoms with Crippen molar-refractivity contribution >= 4 is 23.1 Å². The summed E-state index contributed by atoms with van der Waals surface area (Å²) >= 11 is 7.50. The van der Waals surface area contributed by atoms with E-state index in [9.17, 15) is 0 Å². The number of aromatic nitrogens is 2. The van der Waals surface area contributed by atoms with Gasteiger partial charge in [-0.15, -0.1) is 11.6 Å². The predicted molar refractivity (Wildman–Crippen MR) is 57.1 cm³/mol. The molecule has 0 aliphatic heterocycles. The number of rotatable bonds is 5. The van der Waals surface area contributed by atoms with E-state index in [0.29, 0.717) is 12.5 Å². The Morgan fingerprint density at radius 1 is 1.64 bits per heavy atom. The van der Waals surface area contributed by atoms with Crippen LogP contribution in [0.4, 0.5) is 0 Å². The highest BCUT2D eigenvalue weighted by Gasteiger charge is 2.27. The molecule has 1 aliphatic rings. The van der Waals surface area contributed by atoms with E-state index in [2.05, 4.69) is 9.36 Å². The van der Waals surface area contributed by atoms with Crippen molar-refractivity contribution in [2.45, 2.75) is 30.6 Å². The first-order valence-corrected chi connectivity index (χ1v) is 5.96. The average molecular weight is 233 g/mol. The number of ether oxygens (including phenoxy) is 1. The second-order valence-corrected chi connectivity index (χ2v) is 5.03. The van der Waals surface area contributed by atoms with Crippen LogP contribution in [0.15, 0.2) is 0 Å². The van der Waals surface area contributed by atoms with Gasteiger partial charge >= 0.3 is 0 Å². The highest BCUT2D eigenvalue weighted by molar-refractivity contribution is 7.05. The van der Waals surface area contributed by atoms with Gasteiger partial charge in [0.25, 0.3) is 0 Å². The van der Waals surface area contributed by atoms with Crippen LogP contribution in [0.3, 0.4) is 0 Å². The first kappa shape index (κ1) is 10.3. The normalized spacial score (nSPS) is 18.4. The summed E-state index contributed by atoms with van der Waals surface area (Å²) in [4.78, 5) is 4.46. The van der Waals surface area contributed by atoms with E-state index in [-0.39, 0.29) is 5.38 Å². The Hall–Kier alpha value is -0.190. The molecule has 1 saturated carbocycles. The van der Waals surface area contributed by atoms with Crippen LogP contribution in [0, 0.1) is 0 Å². The molecule has 0 aromatic carbocycles. The molecule has 5 heteroatoms. The molecular weight excluding hydrogens is 220 g/mol. The first-order chi connectivity index (χ1) is 6.79. The molecule has 0 radical (unpaired) electrons. The molecule has 1 unspecified atom stereocenters. The third kappa shape index (κ3) is 2.65. The lowest BCUT2D eigenvalue weighted by Gasteiger charge is -2.03. The largest absolute Gasteiger partial charge is 0.383 e. The minimum Gasteiger partial charge on any atom is -0.383 e. The summed E-state index contributed by atoms with van der Waals surface area (Å²) in [5, 5.41) is 1.05. The Labute approximate surface area is 92.6 Å². The van der Waals surface area contributed by atoms with Gasteiger partial charge in [-0.05, 0) is 24.4 Å². The highest BCUT2D eigenvalue weighted by atomic mass is 35.5. The lowest BCUT2D eigenvalue weighted by Crippen LogP contribution is -2.10. The minimum atomic E-state index is 0.0139. The molecule has 1 fully saturated rings. The van der Waals surface area contributed by atoms with E-state index in [1.807, 2.05) is 0 Å². The van der Waals surface area contributed by atoms with Gasteiger partial charge in [0, 0.05) is 19.4 Å². The van der Waals surface area contributed by atoms with Crippen molar-refractivity contribution in [3.05, 3.63) is 10.8 Å². The van der Waals surface area contributed by atoms with E-state index in [1.165, 1.54) is 24.4 Å². The molecule has 78 valence electrons. The van der Waals surface area contributed by atoms with Crippen LogP contribution in [0.2, 0.25) is 0 Å². The maximum Gasteiger partial charge on any atom is 0.145 e. The van der Waals surface area contributed by atoms with Crippen molar-refractivity contribution in [1.29, 1.82) is 0 Å². The molecule has 0 amide bonds.